The summed E-state index contributed by atoms with van der Waals surface area (Å²) in [6, 6.07) is 9.69. The SMILES string of the molecule is c1csc(-c2nc(-c3ccc4c(c3)OCO4)n[nH]2)c1. The second kappa shape index (κ2) is 4.10. The Labute approximate surface area is 112 Å². The Balaban J connectivity index is 1.73. The van der Waals surface area contributed by atoms with E-state index in [0.29, 0.717) is 5.82 Å². The van der Waals surface area contributed by atoms with Crippen LogP contribution in [0, 0.1) is 0 Å². The molecular weight excluding hydrogens is 262 g/mol. The molecule has 0 amide bonds. The molecule has 1 aliphatic rings. The maximum atomic E-state index is 5.35. The molecule has 1 N–H and O–H groups in total. The highest BCUT2D eigenvalue weighted by Gasteiger charge is 2.16. The Kier molecular flexibility index (Phi) is 2.28. The number of ether oxygens (including phenoxy) is 2. The van der Waals surface area contributed by atoms with Crippen molar-refractivity contribution < 1.29 is 9.47 Å². The van der Waals surface area contributed by atoms with Gasteiger partial charge in [0.1, 0.15) is 0 Å². The average molecular weight is 271 g/mol. The Morgan fingerprint density at radius 3 is 3.00 bits per heavy atom. The molecule has 0 unspecified atom stereocenters. The zero-order chi connectivity index (χ0) is 12.7. The monoisotopic (exact) mass is 271 g/mol. The lowest BCUT2D eigenvalue weighted by Gasteiger charge is -1.98. The summed E-state index contributed by atoms with van der Waals surface area (Å²) in [6.07, 6.45) is 0. The highest BCUT2D eigenvalue weighted by Crippen LogP contribution is 2.35. The number of nitrogens with one attached hydrogen (secondary N) is 1. The first kappa shape index (κ1) is 10.6. The third-order valence-electron chi connectivity index (χ3n) is 2.87. The molecule has 1 aliphatic heterocycles. The van der Waals surface area contributed by atoms with Gasteiger partial charge in [0.2, 0.25) is 6.79 Å². The maximum Gasteiger partial charge on any atom is 0.231 e. The number of hydrogen-bond acceptors (Lipinski definition) is 5. The quantitative estimate of drug-likeness (QED) is 0.778. The third kappa shape index (κ3) is 1.77. The highest BCUT2D eigenvalue weighted by molar-refractivity contribution is 7.13. The maximum absolute atomic E-state index is 5.35. The zero-order valence-electron chi connectivity index (χ0n) is 9.79. The van der Waals surface area contributed by atoms with Crippen molar-refractivity contribution in [1.82, 2.24) is 15.2 Å². The van der Waals surface area contributed by atoms with Crippen molar-refractivity contribution in [2.24, 2.45) is 0 Å². The van der Waals surface area contributed by atoms with E-state index >= 15 is 0 Å². The molecular formula is C13H9N3O2S. The Morgan fingerprint density at radius 1 is 1.16 bits per heavy atom. The second-order valence-corrected chi connectivity index (χ2v) is 5.00. The van der Waals surface area contributed by atoms with Crippen LogP contribution in [0.25, 0.3) is 22.1 Å². The number of fused-ring (bicyclic) bond motifs is 1. The summed E-state index contributed by atoms with van der Waals surface area (Å²) in [5.74, 6) is 2.93. The highest BCUT2D eigenvalue weighted by atomic mass is 32.1. The molecule has 5 nitrogen and oxygen atoms in total. The molecule has 0 aliphatic carbocycles. The summed E-state index contributed by atoms with van der Waals surface area (Å²) < 4.78 is 10.6. The number of H-pyrrole nitrogens is 1. The molecule has 0 spiro atoms. The molecule has 1 aromatic carbocycles. The lowest BCUT2D eigenvalue weighted by atomic mass is 10.2. The van der Waals surface area contributed by atoms with Crippen LogP contribution in [0.3, 0.4) is 0 Å². The van der Waals surface area contributed by atoms with Crippen molar-refractivity contribution >= 4 is 11.3 Å². The minimum Gasteiger partial charge on any atom is -0.454 e. The van der Waals surface area contributed by atoms with Crippen molar-refractivity contribution in [3.8, 4) is 33.6 Å². The van der Waals surface area contributed by atoms with Gasteiger partial charge in [0.25, 0.3) is 0 Å². The molecule has 0 saturated carbocycles. The Hall–Kier alpha value is -2.34. The molecule has 0 saturated heterocycles. The van der Waals surface area contributed by atoms with E-state index in [4.69, 9.17) is 9.47 Å². The first-order chi connectivity index (χ1) is 9.40. The van der Waals surface area contributed by atoms with Crippen LogP contribution >= 0.6 is 11.3 Å². The van der Waals surface area contributed by atoms with Crippen LogP contribution in [0.1, 0.15) is 0 Å². The van der Waals surface area contributed by atoms with E-state index < -0.39 is 0 Å². The summed E-state index contributed by atoms with van der Waals surface area (Å²) in [7, 11) is 0. The molecule has 0 fully saturated rings. The number of nitrogens with zero attached hydrogens (tertiary/aromatic N) is 2. The molecule has 0 bridgehead atoms. The van der Waals surface area contributed by atoms with E-state index in [0.717, 1.165) is 27.8 Å². The van der Waals surface area contributed by atoms with Gasteiger partial charge >= 0.3 is 0 Å². The van der Waals surface area contributed by atoms with Gasteiger partial charge in [-0.3, -0.25) is 5.10 Å². The zero-order valence-corrected chi connectivity index (χ0v) is 10.6. The van der Waals surface area contributed by atoms with Crippen molar-refractivity contribution in [1.29, 1.82) is 0 Å². The summed E-state index contributed by atoms with van der Waals surface area (Å²) in [5, 5.41) is 9.21. The predicted molar refractivity (Wildman–Crippen MR) is 71.3 cm³/mol. The lowest BCUT2D eigenvalue weighted by molar-refractivity contribution is 0.174. The molecule has 19 heavy (non-hydrogen) atoms. The second-order valence-electron chi connectivity index (χ2n) is 4.05. The summed E-state index contributed by atoms with van der Waals surface area (Å²) in [5.41, 5.74) is 0.906. The van der Waals surface area contributed by atoms with Gasteiger partial charge in [-0.1, -0.05) is 6.07 Å². The molecule has 0 radical (unpaired) electrons. The van der Waals surface area contributed by atoms with Crippen molar-refractivity contribution in [3.05, 3.63) is 35.7 Å². The van der Waals surface area contributed by atoms with E-state index in [9.17, 15) is 0 Å². The van der Waals surface area contributed by atoms with Crippen LogP contribution in [0.15, 0.2) is 35.7 Å². The first-order valence-corrected chi connectivity index (χ1v) is 6.64. The van der Waals surface area contributed by atoms with E-state index in [1.165, 1.54) is 0 Å². The van der Waals surface area contributed by atoms with Gasteiger partial charge in [-0.2, -0.15) is 5.10 Å². The normalized spacial score (nSPS) is 12.8. The number of rotatable bonds is 2. The molecule has 94 valence electrons. The predicted octanol–water partition coefficient (Wildman–Crippen LogP) is 2.93. The number of benzene rings is 1. The fourth-order valence-corrected chi connectivity index (χ4v) is 2.61. The summed E-state index contributed by atoms with van der Waals surface area (Å²) in [4.78, 5) is 5.56. The first-order valence-electron chi connectivity index (χ1n) is 5.76. The smallest absolute Gasteiger partial charge is 0.231 e. The van der Waals surface area contributed by atoms with E-state index in [1.807, 2.05) is 35.7 Å². The van der Waals surface area contributed by atoms with Crippen molar-refractivity contribution in [3.63, 3.8) is 0 Å². The van der Waals surface area contributed by atoms with Crippen LogP contribution in [0.5, 0.6) is 11.5 Å². The van der Waals surface area contributed by atoms with E-state index in [1.54, 1.807) is 11.3 Å². The van der Waals surface area contributed by atoms with Crippen molar-refractivity contribution in [2.75, 3.05) is 6.79 Å². The van der Waals surface area contributed by atoms with Crippen LogP contribution in [-0.4, -0.2) is 22.0 Å². The average Bonchev–Trinajstić information content (AvgIpc) is 3.18. The van der Waals surface area contributed by atoms with Crippen LogP contribution in [-0.2, 0) is 0 Å². The van der Waals surface area contributed by atoms with Gasteiger partial charge in [0, 0.05) is 5.56 Å². The van der Waals surface area contributed by atoms with E-state index in [-0.39, 0.29) is 6.79 Å². The number of aromatic nitrogens is 3. The third-order valence-corrected chi connectivity index (χ3v) is 3.75. The van der Waals surface area contributed by atoms with Crippen LogP contribution < -0.4 is 9.47 Å². The van der Waals surface area contributed by atoms with Crippen LogP contribution in [0.4, 0.5) is 0 Å². The summed E-state index contributed by atoms with van der Waals surface area (Å²) >= 11 is 1.63. The molecule has 4 rings (SSSR count). The summed E-state index contributed by atoms with van der Waals surface area (Å²) in [6.45, 7) is 0.271. The lowest BCUT2D eigenvalue weighted by Crippen LogP contribution is -1.92. The fraction of sp³-hybridized carbons (Fsp3) is 0.0769. The largest absolute Gasteiger partial charge is 0.454 e. The van der Waals surface area contributed by atoms with Gasteiger partial charge in [-0.15, -0.1) is 11.3 Å². The van der Waals surface area contributed by atoms with Gasteiger partial charge in [-0.05, 0) is 29.6 Å². The number of hydrogen-bond donors (Lipinski definition) is 1. The molecule has 0 atom stereocenters. The van der Waals surface area contributed by atoms with Gasteiger partial charge in [0.15, 0.2) is 23.1 Å². The standard InChI is InChI=1S/C13H9N3O2S/c1-2-11(19-5-1)13-14-12(15-16-13)8-3-4-9-10(6-8)18-7-17-9/h1-6H,7H2,(H,14,15,16). The van der Waals surface area contributed by atoms with Gasteiger partial charge in [0.05, 0.1) is 4.88 Å². The van der Waals surface area contributed by atoms with E-state index in [2.05, 4.69) is 15.2 Å². The topological polar surface area (TPSA) is 60.0 Å². The molecule has 2 aromatic heterocycles. The fourth-order valence-electron chi connectivity index (χ4n) is 1.95. The van der Waals surface area contributed by atoms with Gasteiger partial charge < -0.3 is 9.47 Å². The minimum absolute atomic E-state index is 0.271. The van der Waals surface area contributed by atoms with Gasteiger partial charge in [-0.25, -0.2) is 4.98 Å². The minimum atomic E-state index is 0.271. The molecule has 3 aromatic rings. The van der Waals surface area contributed by atoms with Crippen LogP contribution in [0.2, 0.25) is 0 Å². The Bertz CT molecular complexity index is 721. The Morgan fingerprint density at radius 2 is 2.11 bits per heavy atom. The van der Waals surface area contributed by atoms with Crippen molar-refractivity contribution in [2.45, 2.75) is 0 Å². The number of aromatic amines is 1. The molecule has 3 heterocycles. The molecule has 6 heteroatoms. The number of thiophene rings is 1.